The van der Waals surface area contributed by atoms with Crippen molar-refractivity contribution in [3.8, 4) is 11.8 Å². The second-order valence-electron chi connectivity index (χ2n) is 4.68. The van der Waals surface area contributed by atoms with E-state index in [-0.39, 0.29) is 10.7 Å². The lowest BCUT2D eigenvalue weighted by Gasteiger charge is -2.36. The van der Waals surface area contributed by atoms with Crippen molar-refractivity contribution in [2.24, 2.45) is 0 Å². The third-order valence-corrected chi connectivity index (χ3v) is 4.97. The molecule has 0 N–H and O–H groups in total. The number of carbonyl (C=O) groups is 1. The summed E-state index contributed by atoms with van der Waals surface area (Å²) in [4.78, 5) is 18.2. The van der Waals surface area contributed by atoms with Crippen molar-refractivity contribution in [3.05, 3.63) is 24.0 Å². The van der Waals surface area contributed by atoms with Crippen LogP contribution in [0.4, 0.5) is 0 Å². The van der Waals surface area contributed by atoms with Gasteiger partial charge in [0, 0.05) is 19.3 Å². The van der Waals surface area contributed by atoms with Crippen molar-refractivity contribution in [3.63, 3.8) is 0 Å². The van der Waals surface area contributed by atoms with E-state index in [9.17, 15) is 10.1 Å². The van der Waals surface area contributed by atoms with Gasteiger partial charge in [0.25, 0.3) is 5.91 Å². The Hall–Kier alpha value is -1.74. The summed E-state index contributed by atoms with van der Waals surface area (Å²) in [5, 5.41) is 9.26. The zero-order valence-corrected chi connectivity index (χ0v) is 12.4. The molecule has 5 nitrogen and oxygen atoms in total. The van der Waals surface area contributed by atoms with Crippen LogP contribution in [0, 0.1) is 11.3 Å². The van der Waals surface area contributed by atoms with Crippen LogP contribution in [0.15, 0.2) is 18.5 Å². The minimum Gasteiger partial charge on any atom is -0.494 e. The summed E-state index contributed by atoms with van der Waals surface area (Å²) in [6, 6.07) is 4.05. The highest BCUT2D eigenvalue weighted by Gasteiger charge is 2.36. The minimum atomic E-state index is -0.348. The number of hydrogen-bond acceptors (Lipinski definition) is 5. The third kappa shape index (κ3) is 2.73. The van der Waals surface area contributed by atoms with E-state index in [2.05, 4.69) is 11.1 Å². The summed E-state index contributed by atoms with van der Waals surface area (Å²) in [7, 11) is 1.53. The molecular formula is C14H17N3O2S. The number of likely N-dealkylation sites (tertiary alicyclic amines) is 1. The van der Waals surface area contributed by atoms with E-state index >= 15 is 0 Å². The van der Waals surface area contributed by atoms with Gasteiger partial charge < -0.3 is 9.64 Å². The Morgan fingerprint density at radius 1 is 1.55 bits per heavy atom. The number of aromatic nitrogens is 1. The molecule has 1 fully saturated rings. The van der Waals surface area contributed by atoms with Crippen LogP contribution in [-0.2, 0) is 0 Å². The van der Waals surface area contributed by atoms with Crippen molar-refractivity contribution in [2.75, 3.05) is 26.5 Å². The van der Waals surface area contributed by atoms with Gasteiger partial charge in [-0.2, -0.15) is 5.26 Å². The van der Waals surface area contributed by atoms with E-state index in [1.54, 1.807) is 35.1 Å². The first-order chi connectivity index (χ1) is 9.65. The van der Waals surface area contributed by atoms with E-state index in [1.807, 2.05) is 6.26 Å². The Balaban J connectivity index is 2.11. The molecule has 0 atom stereocenters. The van der Waals surface area contributed by atoms with Gasteiger partial charge >= 0.3 is 0 Å². The Kier molecular flexibility index (Phi) is 4.50. The van der Waals surface area contributed by atoms with Gasteiger partial charge in [0.1, 0.15) is 10.5 Å². The first kappa shape index (κ1) is 14.7. The molecule has 1 aliphatic heterocycles. The Labute approximate surface area is 122 Å². The van der Waals surface area contributed by atoms with Crippen LogP contribution in [0.1, 0.15) is 23.2 Å². The van der Waals surface area contributed by atoms with Gasteiger partial charge in [-0.25, -0.2) is 0 Å². The SMILES string of the molecule is COc1cnccc1C(=O)N1CCC(C#N)(SC)CC1. The number of nitriles is 1. The maximum atomic E-state index is 12.5. The van der Waals surface area contributed by atoms with Gasteiger partial charge in [-0.05, 0) is 25.2 Å². The number of thioether (sulfide) groups is 1. The minimum absolute atomic E-state index is 0.0584. The number of methoxy groups -OCH3 is 1. The summed E-state index contributed by atoms with van der Waals surface area (Å²) in [5.41, 5.74) is 0.524. The van der Waals surface area contributed by atoms with Crippen molar-refractivity contribution in [1.82, 2.24) is 9.88 Å². The Morgan fingerprint density at radius 3 is 2.80 bits per heavy atom. The van der Waals surface area contributed by atoms with Crippen LogP contribution in [0.25, 0.3) is 0 Å². The van der Waals surface area contributed by atoms with Crippen LogP contribution < -0.4 is 4.74 Å². The fourth-order valence-electron chi connectivity index (χ4n) is 2.32. The largest absolute Gasteiger partial charge is 0.494 e. The van der Waals surface area contributed by atoms with Crippen molar-refractivity contribution >= 4 is 17.7 Å². The number of rotatable bonds is 3. The molecule has 1 aliphatic rings. The number of nitrogens with zero attached hydrogens (tertiary/aromatic N) is 3. The number of ether oxygens (including phenoxy) is 1. The molecular weight excluding hydrogens is 274 g/mol. The third-order valence-electron chi connectivity index (χ3n) is 3.69. The second-order valence-corrected chi connectivity index (χ2v) is 5.87. The molecule has 1 saturated heterocycles. The van der Waals surface area contributed by atoms with Crippen LogP contribution in [0.2, 0.25) is 0 Å². The van der Waals surface area contributed by atoms with E-state index in [0.717, 1.165) is 0 Å². The van der Waals surface area contributed by atoms with Crippen molar-refractivity contribution in [1.29, 1.82) is 5.26 Å². The molecule has 0 saturated carbocycles. The average Bonchev–Trinajstić information content (AvgIpc) is 2.54. The van der Waals surface area contributed by atoms with E-state index in [1.165, 1.54) is 7.11 Å². The molecule has 6 heteroatoms. The normalized spacial score (nSPS) is 17.4. The van der Waals surface area contributed by atoms with Crippen LogP contribution in [0.3, 0.4) is 0 Å². The number of amides is 1. The summed E-state index contributed by atoms with van der Waals surface area (Å²) in [6.45, 7) is 1.19. The highest BCUT2D eigenvalue weighted by molar-refractivity contribution is 8.00. The predicted octanol–water partition coefficient (Wildman–Crippen LogP) is 1.95. The smallest absolute Gasteiger partial charge is 0.257 e. The van der Waals surface area contributed by atoms with Crippen LogP contribution in [-0.4, -0.2) is 47.0 Å². The van der Waals surface area contributed by atoms with Crippen molar-refractivity contribution in [2.45, 2.75) is 17.6 Å². The Bertz CT molecular complexity index is 533. The topological polar surface area (TPSA) is 66.2 Å². The molecule has 106 valence electrons. The molecule has 20 heavy (non-hydrogen) atoms. The van der Waals surface area contributed by atoms with Gasteiger partial charge in [0.05, 0.1) is 24.9 Å². The summed E-state index contributed by atoms with van der Waals surface area (Å²) < 4.78 is 4.83. The average molecular weight is 291 g/mol. The zero-order chi connectivity index (χ0) is 14.6. The first-order valence-corrected chi connectivity index (χ1v) is 7.62. The molecule has 0 aliphatic carbocycles. The highest BCUT2D eigenvalue weighted by atomic mass is 32.2. The molecule has 1 aromatic rings. The highest BCUT2D eigenvalue weighted by Crippen LogP contribution is 2.34. The second kappa shape index (κ2) is 6.14. The van der Waals surface area contributed by atoms with E-state index in [0.29, 0.717) is 37.2 Å². The number of carbonyl (C=O) groups excluding carboxylic acids is 1. The van der Waals surface area contributed by atoms with Crippen LogP contribution >= 0.6 is 11.8 Å². The van der Waals surface area contributed by atoms with Gasteiger partial charge in [-0.15, -0.1) is 11.8 Å². The molecule has 1 aromatic heterocycles. The summed E-state index contributed by atoms with van der Waals surface area (Å²) in [5.74, 6) is 0.427. The van der Waals surface area contributed by atoms with Gasteiger partial charge in [0.15, 0.2) is 0 Å². The molecule has 0 spiro atoms. The Morgan fingerprint density at radius 2 is 2.25 bits per heavy atom. The number of piperidine rings is 1. The fraction of sp³-hybridized carbons (Fsp3) is 0.500. The molecule has 0 unspecified atom stereocenters. The van der Waals surface area contributed by atoms with Gasteiger partial charge in [0.2, 0.25) is 0 Å². The summed E-state index contributed by atoms with van der Waals surface area (Å²) in [6.07, 6.45) is 6.47. The lowest BCUT2D eigenvalue weighted by atomic mass is 9.96. The standard InChI is InChI=1S/C14H17N3O2S/c1-19-12-9-16-6-3-11(12)13(18)17-7-4-14(10-15,20-2)5-8-17/h3,6,9H,4-5,7-8H2,1-2H3. The lowest BCUT2D eigenvalue weighted by Crippen LogP contribution is -2.44. The lowest BCUT2D eigenvalue weighted by molar-refractivity contribution is 0.0713. The molecule has 0 radical (unpaired) electrons. The zero-order valence-electron chi connectivity index (χ0n) is 11.6. The van der Waals surface area contributed by atoms with Crippen molar-refractivity contribution < 1.29 is 9.53 Å². The van der Waals surface area contributed by atoms with E-state index in [4.69, 9.17) is 4.74 Å². The maximum Gasteiger partial charge on any atom is 0.257 e. The molecule has 0 aromatic carbocycles. The summed E-state index contributed by atoms with van der Waals surface area (Å²) >= 11 is 1.58. The monoisotopic (exact) mass is 291 g/mol. The fourth-order valence-corrected chi connectivity index (χ4v) is 3.00. The first-order valence-electron chi connectivity index (χ1n) is 6.39. The quantitative estimate of drug-likeness (QED) is 0.851. The van der Waals surface area contributed by atoms with Crippen LogP contribution in [0.5, 0.6) is 5.75 Å². The maximum absolute atomic E-state index is 12.5. The number of pyridine rings is 1. The molecule has 0 bridgehead atoms. The number of hydrogen-bond donors (Lipinski definition) is 0. The molecule has 2 rings (SSSR count). The molecule has 1 amide bonds. The van der Waals surface area contributed by atoms with E-state index < -0.39 is 0 Å². The molecule has 2 heterocycles. The predicted molar refractivity (Wildman–Crippen MR) is 77.8 cm³/mol. The van der Waals surface area contributed by atoms with Gasteiger partial charge in [-0.1, -0.05) is 0 Å². The van der Waals surface area contributed by atoms with Gasteiger partial charge in [-0.3, -0.25) is 9.78 Å².